The number of halogens is 4. The maximum absolute atomic E-state index is 13.6. The predicted octanol–water partition coefficient (Wildman–Crippen LogP) is 6.37. The number of H-pyrrole nitrogens is 1. The lowest BCUT2D eigenvalue weighted by Gasteiger charge is -2.22. The molecule has 0 spiro atoms. The molecule has 242 valence electrons. The average Bonchev–Trinajstić information content (AvgIpc) is 3.90. The molecule has 2 N–H and O–H groups in total. The number of sulfonamides is 1. The van der Waals surface area contributed by atoms with Gasteiger partial charge in [0.05, 0.1) is 35.7 Å². The lowest BCUT2D eigenvalue weighted by atomic mass is 10.0. The molecule has 0 saturated heterocycles. The summed E-state index contributed by atoms with van der Waals surface area (Å²) in [6, 6.07) is 8.28. The average molecular weight is 688 g/mol. The van der Waals surface area contributed by atoms with Crippen LogP contribution in [-0.2, 0) is 21.2 Å². The number of anilines is 1. The second-order valence-electron chi connectivity index (χ2n) is 11.0. The van der Waals surface area contributed by atoms with Gasteiger partial charge in [-0.3, -0.25) is 9.52 Å². The first-order valence-corrected chi connectivity index (χ1v) is 16.7. The fourth-order valence-electron chi connectivity index (χ4n) is 4.40. The van der Waals surface area contributed by atoms with Gasteiger partial charge < -0.3 is 23.9 Å². The Bertz CT molecular complexity index is 1730. The van der Waals surface area contributed by atoms with E-state index in [2.05, 4.69) is 14.4 Å². The molecule has 2 fully saturated rings. The quantitative estimate of drug-likeness (QED) is 0.176. The van der Waals surface area contributed by atoms with Crippen LogP contribution in [0.25, 0.3) is 0 Å². The Morgan fingerprint density at radius 1 is 1.00 bits per heavy atom. The lowest BCUT2D eigenvalue weighted by molar-refractivity contribution is -0.0515. The highest BCUT2D eigenvalue weighted by Crippen LogP contribution is 2.38. The Morgan fingerprint density at radius 3 is 2.27 bits per heavy atom. The predicted molar refractivity (Wildman–Crippen MR) is 163 cm³/mol. The first-order chi connectivity index (χ1) is 21.4. The largest absolute Gasteiger partial charge is 0.491 e. The van der Waals surface area contributed by atoms with Gasteiger partial charge >= 0.3 is 12.6 Å². The molecule has 1 heterocycles. The van der Waals surface area contributed by atoms with Gasteiger partial charge in [0, 0.05) is 18.2 Å². The van der Waals surface area contributed by atoms with Crippen LogP contribution in [-0.4, -0.2) is 45.5 Å². The Morgan fingerprint density at radius 2 is 1.64 bits per heavy atom. The summed E-state index contributed by atoms with van der Waals surface area (Å²) in [7, 11) is -3.73. The number of aromatic nitrogens is 1. The number of carbonyl (C=O) groups excluding carboxylic acids is 1. The number of hydrogen-bond acceptors (Lipinski definition) is 8. The molecule has 1 atom stereocenters. The van der Waals surface area contributed by atoms with E-state index in [1.807, 2.05) is 0 Å². The van der Waals surface area contributed by atoms with E-state index in [4.69, 9.17) is 37.4 Å². The molecule has 1 unspecified atom stereocenters. The molecule has 0 bridgehead atoms. The van der Waals surface area contributed by atoms with Crippen LogP contribution in [0.1, 0.15) is 53.3 Å². The Balaban J connectivity index is 1.48. The second-order valence-corrected chi connectivity index (χ2v) is 13.6. The van der Waals surface area contributed by atoms with Crippen LogP contribution < -0.4 is 24.5 Å². The molecular formula is C30H30Cl2F2N2O8S. The molecule has 10 nitrogen and oxygen atoms in total. The first-order valence-electron chi connectivity index (χ1n) is 14.1. The number of benzene rings is 2. The molecule has 45 heavy (non-hydrogen) atoms. The van der Waals surface area contributed by atoms with Crippen molar-refractivity contribution < 1.29 is 40.9 Å². The highest BCUT2D eigenvalue weighted by atomic mass is 35.5. The topological polar surface area (TPSA) is 133 Å². The van der Waals surface area contributed by atoms with Gasteiger partial charge in [-0.25, -0.2) is 13.2 Å². The maximum Gasteiger partial charge on any atom is 0.387 e. The number of esters is 1. The van der Waals surface area contributed by atoms with Crippen molar-refractivity contribution in [2.24, 2.45) is 11.8 Å². The van der Waals surface area contributed by atoms with Crippen molar-refractivity contribution in [3.05, 3.63) is 79.7 Å². The summed E-state index contributed by atoms with van der Waals surface area (Å²) >= 11 is 12.6. The molecule has 2 aromatic carbocycles. The molecule has 0 aliphatic heterocycles. The molecule has 5 rings (SSSR count). The van der Waals surface area contributed by atoms with Crippen molar-refractivity contribution in [3.63, 3.8) is 0 Å². The van der Waals surface area contributed by atoms with Gasteiger partial charge in [-0.15, -0.1) is 0 Å². The monoisotopic (exact) mass is 686 g/mol. The molecule has 2 aliphatic carbocycles. The van der Waals surface area contributed by atoms with Crippen molar-refractivity contribution in [2.45, 2.75) is 44.8 Å². The zero-order valence-corrected chi connectivity index (χ0v) is 26.3. The summed E-state index contributed by atoms with van der Waals surface area (Å²) in [5.41, 5.74) is -0.0999. The van der Waals surface area contributed by atoms with Crippen molar-refractivity contribution in [3.8, 4) is 17.2 Å². The zero-order valence-electron chi connectivity index (χ0n) is 24.0. The smallest absolute Gasteiger partial charge is 0.387 e. The van der Waals surface area contributed by atoms with Gasteiger partial charge in [0.1, 0.15) is 16.9 Å². The van der Waals surface area contributed by atoms with Crippen molar-refractivity contribution in [1.29, 1.82) is 0 Å². The van der Waals surface area contributed by atoms with E-state index in [0.29, 0.717) is 24.0 Å². The van der Waals surface area contributed by atoms with Crippen LogP contribution in [0.5, 0.6) is 17.2 Å². The van der Waals surface area contributed by atoms with Crippen LogP contribution in [0.2, 0.25) is 10.0 Å². The lowest BCUT2D eigenvalue weighted by Crippen LogP contribution is -2.18. The highest BCUT2D eigenvalue weighted by Gasteiger charge is 2.27. The summed E-state index contributed by atoms with van der Waals surface area (Å²) in [6.07, 6.45) is 4.82. The Labute approximate surface area is 268 Å². The first kappa shape index (κ1) is 32.8. The van der Waals surface area contributed by atoms with E-state index in [9.17, 15) is 26.8 Å². The SMILES string of the molecule is CS(=O)(=O)Nc1cc(C(=O)OC(Cc2c(Cl)c[nH]c(=O)c2Cl)c2ccc(OC(F)F)c(OCC3CC3)c2)ccc1OCC1CC1. The second kappa shape index (κ2) is 13.8. The zero-order chi connectivity index (χ0) is 32.3. The van der Waals surface area contributed by atoms with Crippen LogP contribution in [0, 0.1) is 11.8 Å². The summed E-state index contributed by atoms with van der Waals surface area (Å²) in [5, 5.41) is -0.122. The third kappa shape index (κ3) is 9.24. The van der Waals surface area contributed by atoms with Gasteiger partial charge in [-0.05, 0) is 73.4 Å². The molecule has 1 aromatic heterocycles. The number of hydrogen-bond donors (Lipinski definition) is 2. The molecular weight excluding hydrogens is 657 g/mol. The summed E-state index contributed by atoms with van der Waals surface area (Å²) in [5.74, 6) is -0.127. The van der Waals surface area contributed by atoms with Crippen molar-refractivity contribution in [1.82, 2.24) is 4.98 Å². The number of alkyl halides is 2. The van der Waals surface area contributed by atoms with E-state index in [-0.39, 0.29) is 57.1 Å². The van der Waals surface area contributed by atoms with Crippen LogP contribution in [0.3, 0.4) is 0 Å². The third-order valence-electron chi connectivity index (χ3n) is 7.13. The van der Waals surface area contributed by atoms with Crippen molar-refractivity contribution in [2.75, 3.05) is 24.2 Å². The van der Waals surface area contributed by atoms with Gasteiger partial charge in [0.25, 0.3) is 5.56 Å². The van der Waals surface area contributed by atoms with Crippen LogP contribution >= 0.6 is 23.2 Å². The van der Waals surface area contributed by atoms with E-state index >= 15 is 0 Å². The van der Waals surface area contributed by atoms with E-state index < -0.39 is 34.3 Å². The number of nitrogens with one attached hydrogen (secondary N) is 2. The van der Waals surface area contributed by atoms with Crippen molar-refractivity contribution >= 4 is 44.9 Å². The normalized spacial score (nSPS) is 15.4. The summed E-state index contributed by atoms with van der Waals surface area (Å²) in [6.45, 7) is -2.42. The number of pyridine rings is 1. The van der Waals surface area contributed by atoms with Crippen LogP contribution in [0.4, 0.5) is 14.5 Å². The van der Waals surface area contributed by atoms with E-state index in [0.717, 1.165) is 31.9 Å². The Kier molecular flexibility index (Phi) is 10.1. The van der Waals surface area contributed by atoms with E-state index in [1.54, 1.807) is 0 Å². The molecule has 0 radical (unpaired) electrons. The molecule has 2 saturated carbocycles. The fraction of sp³-hybridized carbons (Fsp3) is 0.400. The minimum absolute atomic E-state index is 0.0145. The minimum Gasteiger partial charge on any atom is -0.491 e. The standard InChI is InChI=1S/C30H30Cl2F2N2O8S/c1-45(39,40)36-22-10-19(7-8-23(22)41-14-16-2-3-16)29(38)43-25(12-20-21(31)13-35-28(37)27(20)32)18-6-9-24(44-30(33)34)26(11-18)42-15-17-4-5-17/h6-11,13,16-17,25,30,36H,2-5,12,14-15H2,1H3,(H,35,37). The molecule has 0 amide bonds. The number of ether oxygens (including phenoxy) is 4. The number of carbonyl (C=O) groups is 1. The molecule has 3 aromatic rings. The van der Waals surface area contributed by atoms with Gasteiger partial charge in [-0.1, -0.05) is 29.3 Å². The maximum atomic E-state index is 13.6. The highest BCUT2D eigenvalue weighted by molar-refractivity contribution is 7.92. The fourth-order valence-corrected chi connectivity index (χ4v) is 5.46. The summed E-state index contributed by atoms with van der Waals surface area (Å²) < 4.78 is 74.9. The molecule has 15 heteroatoms. The molecule has 2 aliphatic rings. The number of aromatic amines is 1. The van der Waals surface area contributed by atoms with Crippen LogP contribution in [0.15, 0.2) is 47.4 Å². The Hall–Kier alpha value is -3.55. The third-order valence-corrected chi connectivity index (χ3v) is 8.46. The summed E-state index contributed by atoms with van der Waals surface area (Å²) in [4.78, 5) is 28.2. The van der Waals surface area contributed by atoms with Gasteiger partial charge in [0.15, 0.2) is 11.5 Å². The van der Waals surface area contributed by atoms with Gasteiger partial charge in [0.2, 0.25) is 10.0 Å². The minimum atomic E-state index is -3.73. The van der Waals surface area contributed by atoms with E-state index in [1.165, 1.54) is 42.6 Å². The van der Waals surface area contributed by atoms with Gasteiger partial charge in [-0.2, -0.15) is 8.78 Å². The number of rotatable bonds is 15.